The monoisotopic (exact) mass is 1770 g/mol. The zero-order valence-corrected chi connectivity index (χ0v) is 76.9. The second kappa shape index (κ2) is 35.2. The first kappa shape index (κ1) is 82.3. The topological polar surface area (TPSA) is 9.86 Å². The van der Waals surface area contributed by atoms with Gasteiger partial charge in [-0.3, -0.25) is 0 Å². The van der Waals surface area contributed by atoms with Crippen LogP contribution >= 0.6 is 0 Å². The van der Waals surface area contributed by atoms with Crippen molar-refractivity contribution in [3.05, 3.63) is 546 Å². The molecule has 0 amide bonds. The Labute approximate surface area is 812 Å². The molecule has 2 nitrogen and oxygen atoms in total. The second-order valence-corrected chi connectivity index (χ2v) is 36.7. The van der Waals surface area contributed by atoms with Gasteiger partial charge in [-0.25, -0.2) is 0 Å². The summed E-state index contributed by atoms with van der Waals surface area (Å²) in [6.07, 6.45) is 0. The van der Waals surface area contributed by atoms with Gasteiger partial charge in [-0.05, 0) is 311 Å². The minimum Gasteiger partial charge on any atom is -0.309 e. The van der Waals surface area contributed by atoms with Gasteiger partial charge in [-0.1, -0.05) is 443 Å². The summed E-state index contributed by atoms with van der Waals surface area (Å²) in [7, 11) is 0. The average Bonchev–Trinajstić information content (AvgIpc) is 1.41. The molecule has 2 heteroatoms. The lowest BCUT2D eigenvalue weighted by Crippen LogP contribution is -1.94. The minimum atomic E-state index is 1.14. The van der Waals surface area contributed by atoms with E-state index in [0.29, 0.717) is 0 Å². The summed E-state index contributed by atoms with van der Waals surface area (Å²) >= 11 is 0. The van der Waals surface area contributed by atoms with Crippen LogP contribution in [0.1, 0.15) is 0 Å². The Hall–Kier alpha value is -18.3. The Morgan fingerprint density at radius 3 is 0.643 bits per heavy atom. The zero-order chi connectivity index (χ0) is 92.5. The Bertz CT molecular complexity index is 9670. The number of nitrogens with zero attached hydrogens (tertiary/aromatic N) is 2. The number of hydrogen-bond donors (Lipinski definition) is 0. The van der Waals surface area contributed by atoms with Gasteiger partial charge in [0.1, 0.15) is 0 Å². The summed E-state index contributed by atoms with van der Waals surface area (Å²) in [5.74, 6) is 0. The molecule has 0 aliphatic carbocycles. The third kappa shape index (κ3) is 14.6. The van der Waals surface area contributed by atoms with Crippen molar-refractivity contribution in [2.45, 2.75) is 0 Å². The highest BCUT2D eigenvalue weighted by molar-refractivity contribution is 6.32. The summed E-state index contributed by atoms with van der Waals surface area (Å²) in [5.41, 5.74) is 31.7. The van der Waals surface area contributed by atoms with E-state index in [4.69, 9.17) is 0 Å². The van der Waals surface area contributed by atoms with Crippen molar-refractivity contribution < 1.29 is 0 Å². The lowest BCUT2D eigenvalue weighted by Gasteiger charge is -2.17. The van der Waals surface area contributed by atoms with Gasteiger partial charge in [0.05, 0.1) is 22.1 Å². The van der Waals surface area contributed by atoms with Crippen LogP contribution in [0.25, 0.3) is 263 Å². The Morgan fingerprint density at radius 2 is 0.286 bits per heavy atom. The highest BCUT2D eigenvalue weighted by Gasteiger charge is 2.23. The molecule has 0 N–H and O–H groups in total. The number of aromatic nitrogens is 2. The predicted molar refractivity (Wildman–Crippen MR) is 600 cm³/mol. The highest BCUT2D eigenvalue weighted by atomic mass is 15.0. The first-order chi connectivity index (χ1) is 69.5. The molecule has 0 atom stereocenters. The molecule has 652 valence electrons. The van der Waals surface area contributed by atoms with Gasteiger partial charge in [0.2, 0.25) is 0 Å². The van der Waals surface area contributed by atoms with E-state index in [1.807, 2.05) is 0 Å². The second-order valence-electron chi connectivity index (χ2n) is 36.7. The van der Waals surface area contributed by atoms with Crippen molar-refractivity contribution in [3.63, 3.8) is 0 Å². The van der Waals surface area contributed by atoms with Gasteiger partial charge in [-0.2, -0.15) is 0 Å². The molecule has 0 saturated carbocycles. The van der Waals surface area contributed by atoms with Gasteiger partial charge in [-0.15, -0.1) is 0 Å². The van der Waals surface area contributed by atoms with Crippen LogP contribution in [0, 0.1) is 0 Å². The van der Waals surface area contributed by atoms with Crippen molar-refractivity contribution in [2.75, 3.05) is 0 Å². The van der Waals surface area contributed by atoms with Crippen molar-refractivity contribution in [1.29, 1.82) is 0 Å². The highest BCUT2D eigenvalue weighted by Crippen LogP contribution is 2.50. The van der Waals surface area contributed by atoms with E-state index < -0.39 is 0 Å². The third-order valence-electron chi connectivity index (χ3n) is 28.8. The number of para-hydroxylation sites is 3. The SMILES string of the molecule is c1ccc(-c2cc(-c3ccc(-n4c5ccccc5c5cc(-c6ccc7c(c6)c6ccccc6n7-c6ccccc6)ccc54)cc3)cc3c4ccccc4c4ccccc4c23)cc1.c1ccc(-c2ccc(-c3cc(-c4cccc(-c5ccccc5)c4)cc4c5ccccc5c5ccccc5c34)cc2)cc1.c1ccc(-c2ccc(-c3cc(-c4ccccc4)cc4c5ccccc5c5ccccc5c34)cc2)cc1. The molecule has 140 heavy (non-hydrogen) atoms. The summed E-state index contributed by atoms with van der Waals surface area (Å²) in [6.45, 7) is 0. The quantitative estimate of drug-likeness (QED) is 0.108. The molecule has 28 aromatic rings. The molecule has 28 rings (SSSR count). The first-order valence-corrected chi connectivity index (χ1v) is 48.4. The van der Waals surface area contributed by atoms with Crippen molar-refractivity contribution in [1.82, 2.24) is 9.13 Å². The lowest BCUT2D eigenvalue weighted by molar-refractivity contribution is 1.18. The van der Waals surface area contributed by atoms with Gasteiger partial charge in [0.15, 0.2) is 0 Å². The summed E-state index contributed by atoms with van der Waals surface area (Å²) in [4.78, 5) is 0. The molecule has 0 aliphatic rings. The standard InChI is InChI=1S/C60H38N2.C42H28.C36H24/c1-3-15-40(16-4-1)52-37-43(38-55-48-21-8-7-19-46(48)47-20-9-10-24-51(47)60(52)55)39-27-31-45(32-28-39)62-57-26-14-12-23-50(57)54-36-42(30-34-59(54)62)41-29-33-58-53(35-41)49-22-11-13-25-56(49)61(58)44-17-5-2-6-18-44;1-3-12-29(13-4-1)31-22-24-32(25-23-31)40-27-35(34-17-11-16-33(26-34)30-14-5-2-6-15-30)28-41-38-20-8-7-18-36(38)37-19-9-10-21-39(37)42(40)41;1-3-11-25(12-4-1)27-19-21-28(22-20-27)34-23-29(26-13-5-2-6-14-26)24-35-32-17-8-7-15-30(32)31-16-9-10-18-33(31)36(34)35/h1-38H;1-28H;1-24H. The molecule has 2 aromatic heterocycles. The predicted octanol–water partition coefficient (Wildman–Crippen LogP) is 38.3. The first-order valence-electron chi connectivity index (χ1n) is 48.4. The summed E-state index contributed by atoms with van der Waals surface area (Å²) in [5, 5.41) is 28.3. The van der Waals surface area contributed by atoms with E-state index in [-0.39, 0.29) is 0 Å². The normalized spacial score (nSPS) is 11.6. The number of hydrogen-bond acceptors (Lipinski definition) is 0. The smallest absolute Gasteiger partial charge is 0.0541 e. The third-order valence-corrected chi connectivity index (χ3v) is 28.8. The molecule has 0 unspecified atom stereocenters. The van der Waals surface area contributed by atoms with Gasteiger partial charge in [0.25, 0.3) is 0 Å². The van der Waals surface area contributed by atoms with Crippen LogP contribution < -0.4 is 0 Å². The largest absolute Gasteiger partial charge is 0.309 e. The average molecular weight is 1780 g/mol. The van der Waals surface area contributed by atoms with Crippen LogP contribution in [-0.4, -0.2) is 9.13 Å². The molecule has 0 fully saturated rings. The van der Waals surface area contributed by atoms with Crippen LogP contribution in [0.3, 0.4) is 0 Å². The fourth-order valence-electron chi connectivity index (χ4n) is 22.2. The number of fused-ring (bicyclic) bond motifs is 24. The summed E-state index contributed by atoms with van der Waals surface area (Å²) in [6, 6.07) is 199. The van der Waals surface area contributed by atoms with Crippen LogP contribution in [0.5, 0.6) is 0 Å². The molecule has 2 heterocycles. The lowest BCUT2D eigenvalue weighted by atomic mass is 9.86. The van der Waals surface area contributed by atoms with Crippen LogP contribution in [-0.2, 0) is 0 Å². The maximum absolute atomic E-state index is 2.42. The molecule has 0 aliphatic heterocycles. The van der Waals surface area contributed by atoms with E-state index in [1.54, 1.807) is 0 Å². The fraction of sp³-hybridized carbons (Fsp3) is 0. The Kier molecular flexibility index (Phi) is 20.7. The van der Waals surface area contributed by atoms with Crippen molar-refractivity contribution in [3.8, 4) is 123 Å². The van der Waals surface area contributed by atoms with Crippen molar-refractivity contribution in [2.24, 2.45) is 0 Å². The molecule has 26 aromatic carbocycles. The molecular weight excluding hydrogens is 1690 g/mol. The molecule has 0 spiro atoms. The molecule has 0 bridgehead atoms. The number of benzene rings is 26. The molecular formula is C138H90N2. The maximum Gasteiger partial charge on any atom is 0.0541 e. The molecule has 0 saturated heterocycles. The van der Waals surface area contributed by atoms with E-state index in [1.165, 1.54) is 258 Å². The Balaban J connectivity index is 0.000000113. The summed E-state index contributed by atoms with van der Waals surface area (Å²) < 4.78 is 4.80. The van der Waals surface area contributed by atoms with Crippen LogP contribution in [0.4, 0.5) is 0 Å². The molecule has 0 radical (unpaired) electrons. The van der Waals surface area contributed by atoms with Crippen molar-refractivity contribution >= 4 is 141 Å². The van der Waals surface area contributed by atoms with E-state index in [2.05, 4.69) is 555 Å². The van der Waals surface area contributed by atoms with Gasteiger partial charge in [0, 0.05) is 32.9 Å². The van der Waals surface area contributed by atoms with Crippen LogP contribution in [0.2, 0.25) is 0 Å². The van der Waals surface area contributed by atoms with E-state index >= 15 is 0 Å². The fourth-order valence-corrected chi connectivity index (χ4v) is 22.2. The Morgan fingerprint density at radius 1 is 0.0929 bits per heavy atom. The van der Waals surface area contributed by atoms with Gasteiger partial charge >= 0.3 is 0 Å². The van der Waals surface area contributed by atoms with Gasteiger partial charge < -0.3 is 9.13 Å². The van der Waals surface area contributed by atoms with E-state index in [9.17, 15) is 0 Å². The number of rotatable bonds is 12. The minimum absolute atomic E-state index is 1.14. The van der Waals surface area contributed by atoms with Crippen LogP contribution in [0.15, 0.2) is 546 Å². The zero-order valence-electron chi connectivity index (χ0n) is 76.9. The van der Waals surface area contributed by atoms with E-state index in [0.717, 1.165) is 5.69 Å². The maximum atomic E-state index is 2.42.